The van der Waals surface area contributed by atoms with Gasteiger partial charge in [-0.3, -0.25) is 0 Å². The van der Waals surface area contributed by atoms with Crippen LogP contribution >= 0.6 is 23.4 Å². The molecule has 5 heteroatoms. The Kier molecular flexibility index (Phi) is 4.68. The highest BCUT2D eigenvalue weighted by Gasteiger charge is 2.23. The summed E-state index contributed by atoms with van der Waals surface area (Å²) in [5.41, 5.74) is 0.822. The molecule has 2 nitrogen and oxygen atoms in total. The van der Waals surface area contributed by atoms with E-state index in [1.54, 1.807) is 23.9 Å². The number of aliphatic hydroxyl groups is 1. The molecule has 0 aliphatic carbocycles. The van der Waals surface area contributed by atoms with E-state index < -0.39 is 11.9 Å². The Morgan fingerprint density at radius 3 is 3.06 bits per heavy atom. The molecular formula is C12H14ClFO2S. The molecule has 1 aromatic rings. The van der Waals surface area contributed by atoms with Gasteiger partial charge in [-0.05, 0) is 17.7 Å². The minimum absolute atomic E-state index is 0.0913. The second-order valence-electron chi connectivity index (χ2n) is 4.00. The lowest BCUT2D eigenvalue weighted by Gasteiger charge is -2.26. The summed E-state index contributed by atoms with van der Waals surface area (Å²) in [4.78, 5) is 0. The molecule has 1 aliphatic heterocycles. The zero-order valence-electron chi connectivity index (χ0n) is 9.23. The minimum atomic E-state index is -0.565. The van der Waals surface area contributed by atoms with E-state index in [1.807, 2.05) is 0 Å². The van der Waals surface area contributed by atoms with E-state index in [4.69, 9.17) is 16.3 Å². The van der Waals surface area contributed by atoms with E-state index in [0.29, 0.717) is 13.0 Å². The van der Waals surface area contributed by atoms with Gasteiger partial charge in [0.25, 0.3) is 0 Å². The van der Waals surface area contributed by atoms with E-state index in [1.165, 1.54) is 6.07 Å². The first-order valence-corrected chi connectivity index (χ1v) is 7.01. The summed E-state index contributed by atoms with van der Waals surface area (Å²) in [5, 5.41) is 10.1. The monoisotopic (exact) mass is 276 g/mol. The smallest absolute Gasteiger partial charge is 0.141 e. The van der Waals surface area contributed by atoms with Crippen molar-refractivity contribution in [2.75, 3.05) is 18.1 Å². The third kappa shape index (κ3) is 3.58. The summed E-state index contributed by atoms with van der Waals surface area (Å²) in [6.07, 6.45) is -0.271. The molecule has 1 saturated heterocycles. The van der Waals surface area contributed by atoms with Crippen molar-refractivity contribution in [2.45, 2.75) is 18.6 Å². The Labute approximate surface area is 109 Å². The van der Waals surface area contributed by atoms with Crippen molar-refractivity contribution in [2.24, 2.45) is 0 Å². The Morgan fingerprint density at radius 1 is 1.59 bits per heavy atom. The third-order valence-electron chi connectivity index (χ3n) is 2.70. The van der Waals surface area contributed by atoms with Crippen LogP contribution in [0.4, 0.5) is 4.39 Å². The van der Waals surface area contributed by atoms with E-state index in [9.17, 15) is 9.50 Å². The fourth-order valence-corrected chi connectivity index (χ4v) is 2.90. The van der Waals surface area contributed by atoms with Crippen LogP contribution in [0.25, 0.3) is 0 Å². The van der Waals surface area contributed by atoms with Crippen LogP contribution in [0.1, 0.15) is 5.56 Å². The molecule has 0 radical (unpaired) electrons. The summed E-state index contributed by atoms with van der Waals surface area (Å²) in [7, 11) is 0. The van der Waals surface area contributed by atoms with Crippen LogP contribution in [0.5, 0.6) is 0 Å². The fraction of sp³-hybridized carbons (Fsp3) is 0.500. The number of benzene rings is 1. The van der Waals surface area contributed by atoms with Crippen LogP contribution in [0.3, 0.4) is 0 Å². The molecule has 0 aromatic heterocycles. The van der Waals surface area contributed by atoms with E-state index in [0.717, 1.165) is 17.1 Å². The van der Waals surface area contributed by atoms with Gasteiger partial charge in [0, 0.05) is 17.9 Å². The van der Waals surface area contributed by atoms with Gasteiger partial charge in [-0.1, -0.05) is 17.7 Å². The van der Waals surface area contributed by atoms with Crippen LogP contribution < -0.4 is 0 Å². The van der Waals surface area contributed by atoms with Crippen molar-refractivity contribution < 1.29 is 14.2 Å². The van der Waals surface area contributed by atoms with Gasteiger partial charge in [0.1, 0.15) is 5.82 Å². The summed E-state index contributed by atoms with van der Waals surface area (Å²) < 4.78 is 18.5. The lowest BCUT2D eigenvalue weighted by atomic mass is 10.0. The van der Waals surface area contributed by atoms with Gasteiger partial charge < -0.3 is 9.84 Å². The van der Waals surface area contributed by atoms with Gasteiger partial charge in [0.15, 0.2) is 0 Å². The predicted octanol–water partition coefficient (Wildman–Crippen LogP) is 2.51. The molecule has 0 bridgehead atoms. The number of hydrogen-bond donors (Lipinski definition) is 1. The molecule has 2 rings (SSSR count). The molecule has 17 heavy (non-hydrogen) atoms. The molecule has 0 amide bonds. The van der Waals surface area contributed by atoms with E-state index in [-0.39, 0.29) is 11.1 Å². The highest BCUT2D eigenvalue weighted by molar-refractivity contribution is 7.99. The van der Waals surface area contributed by atoms with Crippen LogP contribution in [0.2, 0.25) is 5.02 Å². The summed E-state index contributed by atoms with van der Waals surface area (Å²) >= 11 is 7.47. The first kappa shape index (κ1) is 13.1. The highest BCUT2D eigenvalue weighted by Crippen LogP contribution is 2.20. The summed E-state index contributed by atoms with van der Waals surface area (Å²) in [6.45, 7) is 0.677. The molecule has 1 aromatic carbocycles. The van der Waals surface area contributed by atoms with Crippen LogP contribution in [0, 0.1) is 5.82 Å². The standard InChI is InChI=1S/C12H14ClFO2S/c13-9-5-8(1-2-10(9)14)6-11(15)12-7-17-4-3-16-12/h1-2,5,11-12,15H,3-4,6-7H2. The van der Waals surface area contributed by atoms with Crippen LogP contribution in [-0.2, 0) is 11.2 Å². The summed E-state index contributed by atoms with van der Waals surface area (Å²) in [6, 6.07) is 4.51. The molecule has 1 heterocycles. The van der Waals surface area contributed by atoms with Gasteiger partial charge in [0.2, 0.25) is 0 Å². The molecule has 1 N–H and O–H groups in total. The molecular weight excluding hydrogens is 263 g/mol. The average Bonchev–Trinajstić information content (AvgIpc) is 2.35. The van der Waals surface area contributed by atoms with Crippen molar-refractivity contribution in [1.82, 2.24) is 0 Å². The van der Waals surface area contributed by atoms with Crippen molar-refractivity contribution in [3.63, 3.8) is 0 Å². The molecule has 1 aliphatic rings. The van der Waals surface area contributed by atoms with Gasteiger partial charge in [-0.2, -0.15) is 11.8 Å². The first-order valence-electron chi connectivity index (χ1n) is 5.48. The van der Waals surface area contributed by atoms with E-state index >= 15 is 0 Å². The largest absolute Gasteiger partial charge is 0.390 e. The zero-order chi connectivity index (χ0) is 12.3. The lowest BCUT2D eigenvalue weighted by molar-refractivity contribution is -0.0207. The quantitative estimate of drug-likeness (QED) is 0.920. The molecule has 1 fully saturated rings. The second kappa shape index (κ2) is 6.05. The Balaban J connectivity index is 1.96. The maximum absolute atomic E-state index is 13.0. The van der Waals surface area contributed by atoms with E-state index in [2.05, 4.69) is 0 Å². The molecule has 94 valence electrons. The number of ether oxygens (including phenoxy) is 1. The fourth-order valence-electron chi connectivity index (χ4n) is 1.77. The zero-order valence-corrected chi connectivity index (χ0v) is 10.8. The van der Waals surface area contributed by atoms with Crippen molar-refractivity contribution >= 4 is 23.4 Å². The molecule has 2 unspecified atom stereocenters. The topological polar surface area (TPSA) is 29.5 Å². The van der Waals surface area contributed by atoms with Gasteiger partial charge in [-0.25, -0.2) is 4.39 Å². The number of thioether (sulfide) groups is 1. The predicted molar refractivity (Wildman–Crippen MR) is 68.2 cm³/mol. The molecule has 0 spiro atoms. The number of aliphatic hydroxyl groups excluding tert-OH is 1. The van der Waals surface area contributed by atoms with Gasteiger partial charge in [-0.15, -0.1) is 0 Å². The minimum Gasteiger partial charge on any atom is -0.390 e. The van der Waals surface area contributed by atoms with Crippen molar-refractivity contribution in [1.29, 1.82) is 0 Å². The van der Waals surface area contributed by atoms with Crippen molar-refractivity contribution in [3.8, 4) is 0 Å². The average molecular weight is 277 g/mol. The maximum atomic E-state index is 13.0. The first-order chi connectivity index (χ1) is 8.16. The van der Waals surface area contributed by atoms with Gasteiger partial charge >= 0.3 is 0 Å². The van der Waals surface area contributed by atoms with Crippen molar-refractivity contribution in [3.05, 3.63) is 34.6 Å². The maximum Gasteiger partial charge on any atom is 0.141 e. The van der Waals surface area contributed by atoms with Crippen LogP contribution in [-0.4, -0.2) is 35.4 Å². The summed E-state index contributed by atoms with van der Waals surface area (Å²) in [5.74, 6) is 1.34. The number of halogens is 2. The Bertz CT molecular complexity index is 383. The Morgan fingerprint density at radius 2 is 2.41 bits per heavy atom. The van der Waals surface area contributed by atoms with Crippen LogP contribution in [0.15, 0.2) is 18.2 Å². The number of rotatable bonds is 3. The molecule has 2 atom stereocenters. The second-order valence-corrected chi connectivity index (χ2v) is 5.56. The SMILES string of the molecule is OC(Cc1ccc(F)c(Cl)c1)C1CSCCO1. The third-order valence-corrected chi connectivity index (χ3v) is 4.01. The Hall–Kier alpha value is -0.290. The highest BCUT2D eigenvalue weighted by atomic mass is 35.5. The van der Waals surface area contributed by atoms with Gasteiger partial charge in [0.05, 0.1) is 23.8 Å². The number of hydrogen-bond acceptors (Lipinski definition) is 3. The lowest BCUT2D eigenvalue weighted by Crippen LogP contribution is -2.36. The normalized spacial score (nSPS) is 22.4. The molecule has 0 saturated carbocycles.